The van der Waals surface area contributed by atoms with Gasteiger partial charge in [0.05, 0.1) is 29.9 Å². The van der Waals surface area contributed by atoms with Crippen LogP contribution in [0.4, 0.5) is 17.1 Å². The van der Waals surface area contributed by atoms with Gasteiger partial charge in [0, 0.05) is 53.2 Å². The number of anilines is 3. The van der Waals surface area contributed by atoms with E-state index in [4.69, 9.17) is 9.47 Å². The van der Waals surface area contributed by atoms with Gasteiger partial charge in [0.1, 0.15) is 36.8 Å². The van der Waals surface area contributed by atoms with Crippen LogP contribution in [0.3, 0.4) is 0 Å². The van der Waals surface area contributed by atoms with Crippen molar-refractivity contribution in [2.24, 2.45) is 21.1 Å². The van der Waals surface area contributed by atoms with Crippen LogP contribution in [0.2, 0.25) is 0 Å². The second-order valence-corrected chi connectivity index (χ2v) is 13.7. The molecule has 3 heterocycles. The fourth-order valence-corrected chi connectivity index (χ4v) is 5.95. The van der Waals surface area contributed by atoms with E-state index >= 15 is 0 Å². The van der Waals surface area contributed by atoms with Crippen molar-refractivity contribution in [1.82, 2.24) is 24.3 Å². The third kappa shape index (κ3) is 12.3. The van der Waals surface area contributed by atoms with Crippen LogP contribution in [0, 0.1) is 0 Å². The normalized spacial score (nSPS) is 10.7. The number of hydrogen-bond acceptors (Lipinski definition) is 9. The van der Waals surface area contributed by atoms with Crippen LogP contribution in [0.5, 0.6) is 0 Å². The number of rotatable bonds is 17. The number of aryl methyl sites for hydroxylation is 3. The molecule has 0 saturated heterocycles. The maximum atomic E-state index is 13.2. The van der Waals surface area contributed by atoms with E-state index in [0.29, 0.717) is 40.4 Å². The topological polar surface area (TPSA) is 213 Å². The monoisotopic (exact) mass is 806 g/mol. The number of carbonyl (C=O) groups is 7. The quantitative estimate of drug-likeness (QED) is 0.0868. The standard InChI is InChI=1S/C42H46N8O9/c1-6-43-37(52)15-27-7-11-29(12-8-27)24-58-39(54)20-44-38(53)16-28-9-13-30(14-10-28)25-59-42(57)36-19-33(23-50(36)5)47-41(56)35-18-32(22-49(35)4)46-40(55)34-17-31(21-48(34)3)45-26(2)51/h7-14,17-19,21-23H,6,15-16,20,24-25H2,1-5H3,(H,43,52)(H,44,53)(H,45,51)(H,46,55)(H,47,56). The van der Waals surface area contributed by atoms with Gasteiger partial charge in [-0.1, -0.05) is 48.5 Å². The minimum Gasteiger partial charge on any atom is -0.460 e. The molecule has 0 spiro atoms. The van der Waals surface area contributed by atoms with Gasteiger partial charge in [0.2, 0.25) is 17.7 Å². The van der Waals surface area contributed by atoms with E-state index in [-0.39, 0.29) is 61.7 Å². The number of esters is 2. The first-order chi connectivity index (χ1) is 28.2. The van der Waals surface area contributed by atoms with Gasteiger partial charge in [0.15, 0.2) is 0 Å². The molecule has 308 valence electrons. The molecular formula is C42H46N8O9. The summed E-state index contributed by atoms with van der Waals surface area (Å²) in [6, 6.07) is 18.6. The Labute approximate surface area is 340 Å². The Kier molecular flexibility index (Phi) is 14.2. The van der Waals surface area contributed by atoms with Gasteiger partial charge in [-0.15, -0.1) is 0 Å². The zero-order chi connectivity index (χ0) is 42.6. The number of nitrogens with one attached hydrogen (secondary N) is 5. The number of benzene rings is 2. The highest BCUT2D eigenvalue weighted by molar-refractivity contribution is 6.07. The Hall–Kier alpha value is -7.43. The van der Waals surface area contributed by atoms with Crippen LogP contribution in [0.15, 0.2) is 85.3 Å². The van der Waals surface area contributed by atoms with Crippen LogP contribution >= 0.6 is 0 Å². The van der Waals surface area contributed by atoms with E-state index < -0.39 is 23.8 Å². The fraction of sp³-hybridized carbons (Fsp3) is 0.262. The molecule has 0 bridgehead atoms. The molecule has 5 aromatic rings. The van der Waals surface area contributed by atoms with Gasteiger partial charge in [-0.05, 0) is 47.4 Å². The van der Waals surface area contributed by atoms with Crippen molar-refractivity contribution in [2.75, 3.05) is 29.0 Å². The second-order valence-electron chi connectivity index (χ2n) is 13.7. The highest BCUT2D eigenvalue weighted by atomic mass is 16.5. The molecule has 5 N–H and O–H groups in total. The van der Waals surface area contributed by atoms with Crippen LogP contribution in [0.25, 0.3) is 0 Å². The van der Waals surface area contributed by atoms with E-state index in [1.54, 1.807) is 103 Å². The molecule has 0 unspecified atom stereocenters. The molecule has 0 radical (unpaired) electrons. The summed E-state index contributed by atoms with van der Waals surface area (Å²) in [5, 5.41) is 13.4. The molecule has 2 aromatic carbocycles. The number of nitrogens with zero attached hydrogens (tertiary/aromatic N) is 3. The van der Waals surface area contributed by atoms with Crippen LogP contribution in [-0.4, -0.2) is 68.3 Å². The smallest absolute Gasteiger partial charge is 0.355 e. The van der Waals surface area contributed by atoms with Crippen molar-refractivity contribution in [3.63, 3.8) is 0 Å². The first-order valence-electron chi connectivity index (χ1n) is 18.6. The first kappa shape index (κ1) is 42.7. The molecule has 0 aliphatic rings. The minimum atomic E-state index is -0.622. The van der Waals surface area contributed by atoms with Crippen molar-refractivity contribution in [1.29, 1.82) is 0 Å². The van der Waals surface area contributed by atoms with E-state index in [9.17, 15) is 33.6 Å². The largest absolute Gasteiger partial charge is 0.460 e. The third-order valence-corrected chi connectivity index (χ3v) is 8.87. The number of hydrogen-bond donors (Lipinski definition) is 5. The first-order valence-corrected chi connectivity index (χ1v) is 18.6. The molecule has 17 heteroatoms. The Morgan fingerprint density at radius 2 is 0.949 bits per heavy atom. The lowest BCUT2D eigenvalue weighted by Gasteiger charge is -2.09. The van der Waals surface area contributed by atoms with Crippen molar-refractivity contribution in [3.05, 3.63) is 125 Å². The Balaban J connectivity index is 1.04. The molecule has 3 aromatic heterocycles. The number of carbonyl (C=O) groups excluding carboxylic acids is 7. The summed E-state index contributed by atoms with van der Waals surface area (Å²) in [5.74, 6) is -2.83. The molecule has 0 atom stereocenters. The van der Waals surface area contributed by atoms with Crippen molar-refractivity contribution in [3.8, 4) is 0 Å². The summed E-state index contributed by atoms with van der Waals surface area (Å²) in [6.45, 7) is 3.48. The lowest BCUT2D eigenvalue weighted by molar-refractivity contribution is -0.145. The lowest BCUT2D eigenvalue weighted by atomic mass is 10.1. The SMILES string of the molecule is CCNC(=O)Cc1ccc(COC(=O)CNC(=O)Cc2ccc(COC(=O)c3cc(NC(=O)c4cc(NC(=O)c5cc(NC(C)=O)cn5C)cn4C)cn3C)cc2)cc1. The molecule has 0 aliphatic heterocycles. The highest BCUT2D eigenvalue weighted by Crippen LogP contribution is 2.20. The van der Waals surface area contributed by atoms with Crippen LogP contribution in [0.1, 0.15) is 67.6 Å². The molecule has 59 heavy (non-hydrogen) atoms. The van der Waals surface area contributed by atoms with Crippen LogP contribution in [-0.2, 0) is 75.9 Å². The van der Waals surface area contributed by atoms with Crippen molar-refractivity contribution >= 4 is 58.5 Å². The minimum absolute atomic E-state index is 0.0203. The number of likely N-dealkylation sites (N-methyl/N-ethyl adjacent to an activating group) is 1. The maximum Gasteiger partial charge on any atom is 0.355 e. The summed E-state index contributed by atoms with van der Waals surface area (Å²) < 4.78 is 15.4. The van der Waals surface area contributed by atoms with Gasteiger partial charge in [-0.3, -0.25) is 28.8 Å². The predicted octanol–water partition coefficient (Wildman–Crippen LogP) is 3.60. The summed E-state index contributed by atoms with van der Waals surface area (Å²) in [7, 11) is 4.96. The Bertz CT molecular complexity index is 2350. The molecule has 5 rings (SSSR count). The average Bonchev–Trinajstić information content (AvgIpc) is 3.87. The molecule has 0 fully saturated rings. The molecule has 0 saturated carbocycles. The van der Waals surface area contributed by atoms with E-state index in [1.165, 1.54) is 23.6 Å². The van der Waals surface area contributed by atoms with Crippen molar-refractivity contribution < 1.29 is 43.0 Å². The van der Waals surface area contributed by atoms with Gasteiger partial charge < -0.3 is 49.8 Å². The third-order valence-electron chi connectivity index (χ3n) is 8.87. The van der Waals surface area contributed by atoms with Gasteiger partial charge in [-0.25, -0.2) is 4.79 Å². The van der Waals surface area contributed by atoms with Gasteiger partial charge in [0.25, 0.3) is 11.8 Å². The van der Waals surface area contributed by atoms with E-state index in [1.807, 2.05) is 6.92 Å². The number of aromatic nitrogens is 3. The lowest BCUT2D eigenvalue weighted by Crippen LogP contribution is -2.31. The van der Waals surface area contributed by atoms with Crippen molar-refractivity contribution in [2.45, 2.75) is 39.9 Å². The molecular weight excluding hydrogens is 761 g/mol. The zero-order valence-electron chi connectivity index (χ0n) is 33.3. The summed E-state index contributed by atoms with van der Waals surface area (Å²) in [4.78, 5) is 86.8. The van der Waals surface area contributed by atoms with Gasteiger partial charge >= 0.3 is 11.9 Å². The van der Waals surface area contributed by atoms with Gasteiger partial charge in [-0.2, -0.15) is 0 Å². The Morgan fingerprint density at radius 3 is 1.42 bits per heavy atom. The fourth-order valence-electron chi connectivity index (χ4n) is 5.95. The molecule has 5 amide bonds. The number of amides is 5. The summed E-state index contributed by atoms with van der Waals surface area (Å²) >= 11 is 0. The zero-order valence-corrected chi connectivity index (χ0v) is 33.3. The highest BCUT2D eigenvalue weighted by Gasteiger charge is 2.19. The second kappa shape index (κ2) is 19.6. The average molecular weight is 807 g/mol. The Morgan fingerprint density at radius 1 is 0.542 bits per heavy atom. The van der Waals surface area contributed by atoms with E-state index in [0.717, 1.165) is 11.1 Å². The summed E-state index contributed by atoms with van der Waals surface area (Å²) in [6.07, 6.45) is 5.05. The predicted molar refractivity (Wildman–Crippen MR) is 217 cm³/mol. The molecule has 17 nitrogen and oxygen atoms in total. The van der Waals surface area contributed by atoms with Crippen LogP contribution < -0.4 is 26.6 Å². The number of ether oxygens (including phenoxy) is 2. The maximum absolute atomic E-state index is 13.2. The summed E-state index contributed by atoms with van der Waals surface area (Å²) in [5.41, 5.74) is 4.90. The van der Waals surface area contributed by atoms with E-state index in [2.05, 4.69) is 26.6 Å². The molecule has 0 aliphatic carbocycles.